The van der Waals surface area contributed by atoms with Crippen LogP contribution < -0.4 is 5.32 Å². The standard InChI is InChI=1S/C15H14N2O3/c18-14(6-1-11-7-9-16-10-8-11)17-13-4-2-12(3-5-13)15(19)20/h2-5,7-10H,1,6H2,(H,17,18)(H,19,20). The van der Waals surface area contributed by atoms with Gasteiger partial charge in [-0.2, -0.15) is 0 Å². The third-order valence-electron chi connectivity index (χ3n) is 2.81. The van der Waals surface area contributed by atoms with Crippen molar-refractivity contribution in [3.63, 3.8) is 0 Å². The van der Waals surface area contributed by atoms with Gasteiger partial charge in [0.1, 0.15) is 0 Å². The summed E-state index contributed by atoms with van der Waals surface area (Å²) in [5.41, 5.74) is 1.84. The van der Waals surface area contributed by atoms with Crippen LogP contribution in [0.4, 0.5) is 5.69 Å². The van der Waals surface area contributed by atoms with Gasteiger partial charge in [-0.3, -0.25) is 9.78 Å². The van der Waals surface area contributed by atoms with E-state index in [1.807, 2.05) is 12.1 Å². The quantitative estimate of drug-likeness (QED) is 0.874. The number of pyridine rings is 1. The molecule has 1 aromatic carbocycles. The van der Waals surface area contributed by atoms with Crippen molar-refractivity contribution < 1.29 is 14.7 Å². The molecule has 0 aliphatic heterocycles. The van der Waals surface area contributed by atoms with Crippen LogP contribution in [0.25, 0.3) is 0 Å². The van der Waals surface area contributed by atoms with E-state index in [1.165, 1.54) is 12.1 Å². The first-order valence-corrected chi connectivity index (χ1v) is 6.17. The highest BCUT2D eigenvalue weighted by Gasteiger charge is 2.05. The van der Waals surface area contributed by atoms with Crippen molar-refractivity contribution in [2.24, 2.45) is 0 Å². The number of carboxylic acid groups (broad SMARTS) is 1. The molecule has 20 heavy (non-hydrogen) atoms. The Bertz CT molecular complexity index is 594. The molecule has 1 amide bonds. The molecule has 102 valence electrons. The van der Waals surface area contributed by atoms with Crippen molar-refractivity contribution in [3.05, 3.63) is 59.9 Å². The molecule has 2 N–H and O–H groups in total. The van der Waals surface area contributed by atoms with Gasteiger partial charge in [-0.1, -0.05) is 0 Å². The molecule has 0 unspecified atom stereocenters. The first-order valence-electron chi connectivity index (χ1n) is 6.17. The van der Waals surface area contributed by atoms with Crippen LogP contribution in [0, 0.1) is 0 Å². The van der Waals surface area contributed by atoms with E-state index in [0.29, 0.717) is 18.5 Å². The molecule has 5 nitrogen and oxygen atoms in total. The number of carboxylic acids is 1. The Morgan fingerprint density at radius 2 is 1.70 bits per heavy atom. The average Bonchev–Trinajstić information content (AvgIpc) is 2.47. The Hall–Kier alpha value is -2.69. The zero-order chi connectivity index (χ0) is 14.4. The van der Waals surface area contributed by atoms with Crippen LogP contribution >= 0.6 is 0 Å². The second kappa shape index (κ2) is 6.47. The predicted molar refractivity (Wildman–Crippen MR) is 74.6 cm³/mol. The fraction of sp³-hybridized carbons (Fsp3) is 0.133. The number of anilines is 1. The summed E-state index contributed by atoms with van der Waals surface area (Å²) in [5, 5.41) is 11.5. The topological polar surface area (TPSA) is 79.3 Å². The highest BCUT2D eigenvalue weighted by atomic mass is 16.4. The molecule has 0 bridgehead atoms. The van der Waals surface area contributed by atoms with E-state index in [1.54, 1.807) is 24.5 Å². The van der Waals surface area contributed by atoms with E-state index in [0.717, 1.165) is 5.56 Å². The Kier molecular flexibility index (Phi) is 4.44. The van der Waals surface area contributed by atoms with Crippen molar-refractivity contribution in [2.45, 2.75) is 12.8 Å². The molecule has 0 spiro atoms. The number of aryl methyl sites for hydroxylation is 1. The predicted octanol–water partition coefficient (Wildman–Crippen LogP) is 2.35. The minimum absolute atomic E-state index is 0.107. The summed E-state index contributed by atoms with van der Waals surface area (Å²) >= 11 is 0. The number of aromatic nitrogens is 1. The van der Waals surface area contributed by atoms with Crippen molar-refractivity contribution >= 4 is 17.6 Å². The number of hydrogen-bond acceptors (Lipinski definition) is 3. The van der Waals surface area contributed by atoms with Gasteiger partial charge in [-0.15, -0.1) is 0 Å². The summed E-state index contributed by atoms with van der Waals surface area (Å²) in [7, 11) is 0. The summed E-state index contributed by atoms with van der Waals surface area (Å²) in [6.07, 6.45) is 4.39. The fourth-order valence-electron chi connectivity index (χ4n) is 1.73. The first-order chi connectivity index (χ1) is 9.65. The maximum atomic E-state index is 11.8. The van der Waals surface area contributed by atoms with Gasteiger partial charge >= 0.3 is 5.97 Å². The van der Waals surface area contributed by atoms with Crippen LogP contribution in [0.5, 0.6) is 0 Å². The van der Waals surface area contributed by atoms with E-state index < -0.39 is 5.97 Å². The highest BCUT2D eigenvalue weighted by molar-refractivity contribution is 5.92. The number of aromatic carboxylic acids is 1. The molecule has 0 atom stereocenters. The summed E-state index contributed by atoms with van der Waals surface area (Å²) in [6.45, 7) is 0. The Morgan fingerprint density at radius 3 is 2.30 bits per heavy atom. The van der Waals surface area contributed by atoms with Crippen LogP contribution in [0.3, 0.4) is 0 Å². The zero-order valence-electron chi connectivity index (χ0n) is 10.7. The van der Waals surface area contributed by atoms with E-state index >= 15 is 0 Å². The number of rotatable bonds is 5. The lowest BCUT2D eigenvalue weighted by Crippen LogP contribution is -2.12. The number of amides is 1. The van der Waals surface area contributed by atoms with Gasteiger partial charge in [0.25, 0.3) is 0 Å². The second-order valence-electron chi connectivity index (χ2n) is 4.29. The molecule has 1 heterocycles. The number of nitrogens with one attached hydrogen (secondary N) is 1. The minimum atomic E-state index is -0.986. The summed E-state index contributed by atoms with van der Waals surface area (Å²) in [5.74, 6) is -1.09. The molecule has 0 fully saturated rings. The lowest BCUT2D eigenvalue weighted by molar-refractivity contribution is -0.116. The summed E-state index contributed by atoms with van der Waals surface area (Å²) in [4.78, 5) is 26.4. The normalized spacial score (nSPS) is 10.0. The SMILES string of the molecule is O=C(CCc1ccncc1)Nc1ccc(C(=O)O)cc1. The van der Waals surface area contributed by atoms with Crippen molar-refractivity contribution in [1.29, 1.82) is 0 Å². The largest absolute Gasteiger partial charge is 0.478 e. The number of hydrogen-bond donors (Lipinski definition) is 2. The number of carbonyl (C=O) groups excluding carboxylic acids is 1. The molecule has 5 heteroatoms. The van der Waals surface area contributed by atoms with E-state index in [2.05, 4.69) is 10.3 Å². The van der Waals surface area contributed by atoms with Crippen molar-refractivity contribution in [3.8, 4) is 0 Å². The molecule has 0 saturated carbocycles. The van der Waals surface area contributed by atoms with Crippen LogP contribution in [0.2, 0.25) is 0 Å². The van der Waals surface area contributed by atoms with Crippen LogP contribution in [0.15, 0.2) is 48.8 Å². The number of carbonyl (C=O) groups is 2. The summed E-state index contributed by atoms with van der Waals surface area (Å²) < 4.78 is 0. The van der Waals surface area contributed by atoms with E-state index in [9.17, 15) is 9.59 Å². The Balaban J connectivity index is 1.86. The van der Waals surface area contributed by atoms with Crippen LogP contribution in [0.1, 0.15) is 22.3 Å². The maximum absolute atomic E-state index is 11.8. The second-order valence-corrected chi connectivity index (χ2v) is 4.29. The molecule has 1 aromatic heterocycles. The maximum Gasteiger partial charge on any atom is 0.335 e. The first kappa shape index (κ1) is 13.7. The summed E-state index contributed by atoms with van der Waals surface area (Å²) in [6, 6.07) is 9.81. The van der Waals surface area contributed by atoms with Gasteiger partial charge in [-0.25, -0.2) is 4.79 Å². The van der Waals surface area contributed by atoms with Gasteiger partial charge in [0.15, 0.2) is 0 Å². The van der Waals surface area contributed by atoms with E-state index in [4.69, 9.17) is 5.11 Å². The highest BCUT2D eigenvalue weighted by Crippen LogP contribution is 2.10. The van der Waals surface area contributed by atoms with Crippen molar-refractivity contribution in [1.82, 2.24) is 4.98 Å². The lowest BCUT2D eigenvalue weighted by Gasteiger charge is -2.05. The van der Waals surface area contributed by atoms with Crippen molar-refractivity contribution in [2.75, 3.05) is 5.32 Å². The van der Waals surface area contributed by atoms with Gasteiger partial charge in [0.2, 0.25) is 5.91 Å². The van der Waals surface area contributed by atoms with Gasteiger partial charge in [0.05, 0.1) is 5.56 Å². The smallest absolute Gasteiger partial charge is 0.335 e. The Morgan fingerprint density at radius 1 is 1.05 bits per heavy atom. The zero-order valence-corrected chi connectivity index (χ0v) is 10.7. The van der Waals surface area contributed by atoms with Gasteiger partial charge in [0, 0.05) is 24.5 Å². The number of nitrogens with zero attached hydrogens (tertiary/aromatic N) is 1. The fourth-order valence-corrected chi connectivity index (χ4v) is 1.73. The molecule has 0 aliphatic rings. The van der Waals surface area contributed by atoms with E-state index in [-0.39, 0.29) is 11.5 Å². The third kappa shape index (κ3) is 3.91. The molecule has 2 rings (SSSR count). The monoisotopic (exact) mass is 270 g/mol. The molecule has 0 radical (unpaired) electrons. The molecule has 2 aromatic rings. The Labute approximate surface area is 116 Å². The molecular formula is C15H14N2O3. The lowest BCUT2D eigenvalue weighted by atomic mass is 10.1. The van der Waals surface area contributed by atoms with Crippen LogP contribution in [-0.4, -0.2) is 22.0 Å². The minimum Gasteiger partial charge on any atom is -0.478 e. The number of benzene rings is 1. The third-order valence-corrected chi connectivity index (χ3v) is 2.81. The molecular weight excluding hydrogens is 256 g/mol. The van der Waals surface area contributed by atoms with Gasteiger partial charge in [-0.05, 0) is 48.4 Å². The molecule has 0 saturated heterocycles. The average molecular weight is 270 g/mol. The molecule has 0 aliphatic carbocycles. The van der Waals surface area contributed by atoms with Crippen LogP contribution in [-0.2, 0) is 11.2 Å². The van der Waals surface area contributed by atoms with Gasteiger partial charge < -0.3 is 10.4 Å².